The average Bonchev–Trinajstić information content (AvgIpc) is 2.78. The smallest absolute Gasteiger partial charge is 0.143 e. The van der Waals surface area contributed by atoms with Crippen molar-refractivity contribution in [2.24, 2.45) is 20.5 Å². The largest absolute Gasteiger partial charge is 0.495 e. The second-order valence-electron chi connectivity index (χ2n) is 6.93. The zero-order valence-corrected chi connectivity index (χ0v) is 18.9. The average molecular weight is 454 g/mol. The highest BCUT2D eigenvalue weighted by Crippen LogP contribution is 2.34. The zero-order chi connectivity index (χ0) is 23.1. The van der Waals surface area contributed by atoms with Crippen molar-refractivity contribution in [3.05, 3.63) is 65.2 Å². The van der Waals surface area contributed by atoms with Gasteiger partial charge in [0.25, 0.3) is 0 Å². The van der Waals surface area contributed by atoms with Crippen molar-refractivity contribution < 1.29 is 19.4 Å². The van der Waals surface area contributed by atoms with Crippen LogP contribution in [0.2, 0.25) is 0 Å². The maximum atomic E-state index is 8.20. The first-order valence-corrected chi connectivity index (χ1v) is 10.3. The molecule has 0 saturated carbocycles. The van der Waals surface area contributed by atoms with Gasteiger partial charge in [0.2, 0.25) is 0 Å². The molecule has 0 spiro atoms. The number of ether oxygens (including phenoxy) is 1. The van der Waals surface area contributed by atoms with Gasteiger partial charge < -0.3 is 10.5 Å². The number of anilines is 1. The molecule has 0 fully saturated rings. The minimum Gasteiger partial charge on any atom is -0.495 e. The minimum absolute atomic E-state index is 0.562. The lowest BCUT2D eigenvalue weighted by Gasteiger charge is -2.08. The predicted octanol–water partition coefficient (Wildman–Crippen LogP) is 7.46. The van der Waals surface area contributed by atoms with Crippen LogP contribution in [0.15, 0.2) is 73.9 Å². The Bertz CT molecular complexity index is 1150. The summed E-state index contributed by atoms with van der Waals surface area (Å²) in [6.45, 7) is 5.80. The van der Waals surface area contributed by atoms with E-state index >= 15 is 0 Å². The highest BCUT2D eigenvalue weighted by molar-refractivity contribution is 7.94. The molecule has 0 aromatic heterocycles. The van der Waals surface area contributed by atoms with Crippen LogP contribution in [-0.4, -0.2) is 12.4 Å². The van der Waals surface area contributed by atoms with Crippen LogP contribution in [0, 0.1) is 20.8 Å². The van der Waals surface area contributed by atoms with Gasteiger partial charge in [-0.1, -0.05) is 5.04 Å². The maximum absolute atomic E-state index is 8.20. The van der Waals surface area contributed by atoms with Crippen molar-refractivity contribution in [3.8, 4) is 5.75 Å². The number of nitrogens with zero attached hydrogens (tertiary/aromatic N) is 4. The van der Waals surface area contributed by atoms with E-state index in [4.69, 9.17) is 15.7 Å². The fourth-order valence-electron chi connectivity index (χ4n) is 2.83. The molecule has 9 nitrogen and oxygen atoms in total. The number of hydrogen-bond donors (Lipinski definition) is 2. The van der Waals surface area contributed by atoms with Gasteiger partial charge in [0, 0.05) is 11.0 Å². The monoisotopic (exact) mass is 453 g/mol. The molecule has 32 heavy (non-hydrogen) atoms. The SMILES string of the molecule is COc1cc(N=Nc2cc(C)c(N=Nc3ccc(SOOO)cc3)cc2C)c(C)cc1N. The standard InChI is InChI=1S/C22H23N5O4S/c1-13-9-18(23)22(29-4)12-21(13)27-26-20-11-14(2)19(10-15(20)3)25-24-16-5-7-17(8-6-16)32-31-30-28/h5-12,28H,23H2,1-4H3. The summed E-state index contributed by atoms with van der Waals surface area (Å²) >= 11 is 0.879. The Morgan fingerprint density at radius 2 is 1.31 bits per heavy atom. The number of rotatable bonds is 8. The van der Waals surface area contributed by atoms with Crippen LogP contribution in [0.25, 0.3) is 0 Å². The number of nitrogen functional groups attached to an aromatic ring is 1. The maximum Gasteiger partial charge on any atom is 0.143 e. The minimum atomic E-state index is 0.562. The van der Waals surface area contributed by atoms with E-state index in [1.54, 1.807) is 37.4 Å². The molecule has 3 rings (SSSR count). The molecule has 3 aromatic carbocycles. The molecule has 0 radical (unpaired) electrons. The van der Waals surface area contributed by atoms with E-state index < -0.39 is 0 Å². The van der Waals surface area contributed by atoms with E-state index in [1.807, 2.05) is 39.0 Å². The van der Waals surface area contributed by atoms with Crippen LogP contribution in [0.1, 0.15) is 16.7 Å². The molecular weight excluding hydrogens is 430 g/mol. The van der Waals surface area contributed by atoms with E-state index in [-0.39, 0.29) is 0 Å². The van der Waals surface area contributed by atoms with E-state index in [2.05, 4.69) is 29.8 Å². The number of aryl methyl sites for hydroxylation is 3. The van der Waals surface area contributed by atoms with E-state index in [0.29, 0.717) is 22.8 Å². The molecule has 0 atom stereocenters. The third-order valence-electron chi connectivity index (χ3n) is 4.60. The van der Waals surface area contributed by atoms with Crippen LogP contribution >= 0.6 is 12.0 Å². The van der Waals surface area contributed by atoms with Gasteiger partial charge in [0.1, 0.15) is 5.75 Å². The molecule has 0 aliphatic heterocycles. The zero-order valence-electron chi connectivity index (χ0n) is 18.1. The molecule has 0 saturated heterocycles. The Labute approximate surface area is 190 Å². The highest BCUT2D eigenvalue weighted by atomic mass is 32.2. The molecule has 166 valence electrons. The topological polar surface area (TPSA) is 123 Å². The quantitative estimate of drug-likeness (QED) is 0.120. The Kier molecular flexibility index (Phi) is 7.90. The summed E-state index contributed by atoms with van der Waals surface area (Å²) in [7, 11) is 1.57. The molecule has 3 N–H and O–H groups in total. The van der Waals surface area contributed by atoms with Crippen molar-refractivity contribution in [2.45, 2.75) is 25.7 Å². The summed E-state index contributed by atoms with van der Waals surface area (Å²) in [6.07, 6.45) is 0. The number of nitrogens with two attached hydrogens (primary N) is 1. The number of benzene rings is 3. The Hall–Kier alpha value is -3.31. The van der Waals surface area contributed by atoms with Gasteiger partial charge in [-0.3, -0.25) is 0 Å². The number of methoxy groups -OCH3 is 1. The van der Waals surface area contributed by atoms with Gasteiger partial charge in [-0.15, -0.1) is 4.33 Å². The van der Waals surface area contributed by atoms with Gasteiger partial charge in [-0.25, -0.2) is 5.26 Å². The van der Waals surface area contributed by atoms with E-state index in [1.165, 1.54) is 0 Å². The third kappa shape index (κ3) is 5.89. The van der Waals surface area contributed by atoms with Gasteiger partial charge in [0.05, 0.1) is 47.6 Å². The summed E-state index contributed by atoms with van der Waals surface area (Å²) in [6, 6.07) is 14.5. The number of hydrogen-bond acceptors (Lipinski definition) is 10. The van der Waals surface area contributed by atoms with Crippen LogP contribution in [0.3, 0.4) is 0 Å². The van der Waals surface area contributed by atoms with Crippen LogP contribution in [0.5, 0.6) is 5.75 Å². The van der Waals surface area contributed by atoms with Crippen molar-refractivity contribution in [2.75, 3.05) is 12.8 Å². The summed E-state index contributed by atoms with van der Waals surface area (Å²) in [5, 5.41) is 29.2. The molecular formula is C22H23N5O4S. The first kappa shape index (κ1) is 23.4. The molecule has 10 heteroatoms. The fourth-order valence-corrected chi connectivity index (χ4v) is 3.18. The summed E-state index contributed by atoms with van der Waals surface area (Å²) in [4.78, 5) is 0.744. The van der Waals surface area contributed by atoms with Crippen LogP contribution in [-0.2, 0) is 9.37 Å². The van der Waals surface area contributed by atoms with Crippen LogP contribution in [0.4, 0.5) is 28.4 Å². The number of azo groups is 2. The molecule has 0 aliphatic carbocycles. The third-order valence-corrected chi connectivity index (χ3v) is 5.19. The fraction of sp³-hybridized carbons (Fsp3) is 0.182. The predicted molar refractivity (Wildman–Crippen MR) is 124 cm³/mol. The Morgan fingerprint density at radius 3 is 1.88 bits per heavy atom. The lowest BCUT2D eigenvalue weighted by atomic mass is 10.1. The Balaban J connectivity index is 1.78. The second kappa shape index (κ2) is 10.8. The lowest BCUT2D eigenvalue weighted by molar-refractivity contribution is -0.432. The van der Waals surface area contributed by atoms with E-state index in [9.17, 15) is 0 Å². The second-order valence-corrected chi connectivity index (χ2v) is 7.70. The van der Waals surface area contributed by atoms with Gasteiger partial charge >= 0.3 is 0 Å². The molecule has 0 heterocycles. The molecule has 0 amide bonds. The van der Waals surface area contributed by atoms with E-state index in [0.717, 1.165) is 45.0 Å². The van der Waals surface area contributed by atoms with Crippen molar-refractivity contribution >= 4 is 40.5 Å². The lowest BCUT2D eigenvalue weighted by Crippen LogP contribution is -1.92. The molecule has 3 aromatic rings. The first-order valence-electron chi connectivity index (χ1n) is 9.55. The first-order chi connectivity index (χ1) is 15.4. The summed E-state index contributed by atoms with van der Waals surface area (Å²) < 4.78 is 9.66. The van der Waals surface area contributed by atoms with Gasteiger partial charge in [0.15, 0.2) is 0 Å². The molecule has 0 unspecified atom stereocenters. The normalized spacial score (nSPS) is 11.5. The van der Waals surface area contributed by atoms with Gasteiger partial charge in [-0.2, -0.15) is 20.5 Å². The highest BCUT2D eigenvalue weighted by Gasteiger charge is 2.07. The van der Waals surface area contributed by atoms with Crippen molar-refractivity contribution in [1.29, 1.82) is 0 Å². The van der Waals surface area contributed by atoms with Crippen LogP contribution < -0.4 is 10.5 Å². The Morgan fingerprint density at radius 1 is 0.781 bits per heavy atom. The molecule has 0 bridgehead atoms. The summed E-state index contributed by atoms with van der Waals surface area (Å²) in [5.41, 5.74) is 12.1. The summed E-state index contributed by atoms with van der Waals surface area (Å²) in [5.74, 6) is 0.564. The van der Waals surface area contributed by atoms with Crippen molar-refractivity contribution in [1.82, 2.24) is 0 Å². The van der Waals surface area contributed by atoms with Gasteiger partial charge in [-0.05, 0) is 79.9 Å². The molecule has 0 aliphatic rings. The van der Waals surface area contributed by atoms with Crippen molar-refractivity contribution in [3.63, 3.8) is 0 Å².